The van der Waals surface area contributed by atoms with Crippen LogP contribution in [0.3, 0.4) is 0 Å². The fraction of sp³-hybridized carbons (Fsp3) is 0.188. The van der Waals surface area contributed by atoms with Crippen molar-refractivity contribution < 1.29 is 14.6 Å². The van der Waals surface area contributed by atoms with Crippen LogP contribution in [0.25, 0.3) is 0 Å². The van der Waals surface area contributed by atoms with Crippen molar-refractivity contribution >= 4 is 11.7 Å². The van der Waals surface area contributed by atoms with Crippen LogP contribution in [0, 0.1) is 13.8 Å². The predicted octanol–water partition coefficient (Wildman–Crippen LogP) is 3.50. The van der Waals surface area contributed by atoms with E-state index in [2.05, 4.69) is 23.5 Å². The summed E-state index contributed by atoms with van der Waals surface area (Å²) in [6.07, 6.45) is -0.271. The summed E-state index contributed by atoms with van der Waals surface area (Å²) in [4.78, 5) is 11.0. The first kappa shape index (κ1) is 12.5. The number of hydrogen-bond acceptors (Lipinski definition) is 3. The van der Waals surface area contributed by atoms with Gasteiger partial charge in [0.1, 0.15) is 5.75 Å². The Morgan fingerprint density at radius 3 is 2.50 bits per heavy atom. The zero-order valence-electron chi connectivity index (χ0n) is 11.3. The van der Waals surface area contributed by atoms with Crippen LogP contribution in [-0.4, -0.2) is 11.1 Å². The topological polar surface area (TPSA) is 58.6 Å². The summed E-state index contributed by atoms with van der Waals surface area (Å²) < 4.78 is 5.82. The van der Waals surface area contributed by atoms with Crippen molar-refractivity contribution in [2.24, 2.45) is 0 Å². The zero-order valence-corrected chi connectivity index (χ0v) is 11.3. The molecule has 0 saturated heterocycles. The molecule has 1 atom stereocenters. The molecule has 0 bridgehead atoms. The van der Waals surface area contributed by atoms with Gasteiger partial charge in [-0.05, 0) is 32.0 Å². The second-order valence-electron chi connectivity index (χ2n) is 5.08. The van der Waals surface area contributed by atoms with Crippen LogP contribution in [-0.2, 0) is 0 Å². The van der Waals surface area contributed by atoms with Crippen LogP contribution in [0.5, 0.6) is 5.75 Å². The third kappa shape index (κ3) is 2.20. The van der Waals surface area contributed by atoms with Gasteiger partial charge in [0.15, 0.2) is 6.23 Å². The van der Waals surface area contributed by atoms with Crippen LogP contribution in [0.2, 0.25) is 0 Å². The van der Waals surface area contributed by atoms with Crippen LogP contribution in [0.15, 0.2) is 36.4 Å². The summed E-state index contributed by atoms with van der Waals surface area (Å²) in [5, 5.41) is 12.3. The van der Waals surface area contributed by atoms with Gasteiger partial charge < -0.3 is 15.2 Å². The maximum atomic E-state index is 11.0. The van der Waals surface area contributed by atoms with E-state index in [1.165, 1.54) is 11.1 Å². The quantitative estimate of drug-likeness (QED) is 0.876. The van der Waals surface area contributed by atoms with Gasteiger partial charge in [-0.1, -0.05) is 29.3 Å². The molecule has 2 aromatic rings. The van der Waals surface area contributed by atoms with E-state index in [0.29, 0.717) is 5.75 Å². The van der Waals surface area contributed by atoms with Crippen LogP contribution in [0.1, 0.15) is 33.3 Å². The zero-order chi connectivity index (χ0) is 14.3. The number of rotatable bonds is 2. The van der Waals surface area contributed by atoms with Crippen molar-refractivity contribution in [2.45, 2.75) is 20.1 Å². The molecule has 2 aromatic carbocycles. The van der Waals surface area contributed by atoms with Gasteiger partial charge in [0, 0.05) is 5.56 Å². The molecule has 20 heavy (non-hydrogen) atoms. The molecule has 0 spiro atoms. The molecule has 0 saturated carbocycles. The van der Waals surface area contributed by atoms with E-state index < -0.39 is 5.97 Å². The second-order valence-corrected chi connectivity index (χ2v) is 5.08. The number of aryl methyl sites for hydroxylation is 2. The third-order valence-electron chi connectivity index (χ3n) is 3.31. The Morgan fingerprint density at radius 2 is 1.85 bits per heavy atom. The number of ether oxygens (including phenoxy) is 1. The molecule has 0 amide bonds. The maximum Gasteiger partial charge on any atom is 0.335 e. The summed E-state index contributed by atoms with van der Waals surface area (Å²) >= 11 is 0. The molecule has 0 radical (unpaired) electrons. The molecular weight excluding hydrogens is 254 g/mol. The normalized spacial score (nSPS) is 16.2. The van der Waals surface area contributed by atoms with Gasteiger partial charge in [-0.2, -0.15) is 0 Å². The Labute approximate surface area is 117 Å². The Bertz CT molecular complexity index is 674. The van der Waals surface area contributed by atoms with Crippen molar-refractivity contribution in [3.63, 3.8) is 0 Å². The van der Waals surface area contributed by atoms with E-state index in [1.807, 2.05) is 13.8 Å². The van der Waals surface area contributed by atoms with E-state index in [9.17, 15) is 4.79 Å². The SMILES string of the molecule is Cc1cc(C)cc(C2Nc3ccc(C(=O)O)cc3O2)c1. The molecule has 0 fully saturated rings. The van der Waals surface area contributed by atoms with Crippen LogP contribution < -0.4 is 10.1 Å². The first-order valence-electron chi connectivity index (χ1n) is 6.41. The van der Waals surface area contributed by atoms with E-state index in [4.69, 9.17) is 9.84 Å². The minimum atomic E-state index is -0.953. The minimum absolute atomic E-state index is 0.228. The largest absolute Gasteiger partial charge is 0.478 e. The molecule has 0 aliphatic carbocycles. The monoisotopic (exact) mass is 269 g/mol. The van der Waals surface area contributed by atoms with Crippen LogP contribution in [0.4, 0.5) is 5.69 Å². The lowest BCUT2D eigenvalue weighted by Gasteiger charge is -2.13. The van der Waals surface area contributed by atoms with E-state index in [1.54, 1.807) is 18.2 Å². The van der Waals surface area contributed by atoms with Crippen molar-refractivity contribution in [3.8, 4) is 5.75 Å². The summed E-state index contributed by atoms with van der Waals surface area (Å²) in [6.45, 7) is 4.09. The van der Waals surface area contributed by atoms with E-state index in [0.717, 1.165) is 11.3 Å². The first-order chi connectivity index (χ1) is 9.52. The highest BCUT2D eigenvalue weighted by Gasteiger charge is 2.24. The number of carbonyl (C=O) groups is 1. The van der Waals surface area contributed by atoms with Crippen molar-refractivity contribution in [3.05, 3.63) is 58.7 Å². The smallest absolute Gasteiger partial charge is 0.335 e. The molecule has 2 N–H and O–H groups in total. The van der Waals surface area contributed by atoms with Crippen molar-refractivity contribution in [2.75, 3.05) is 5.32 Å². The lowest BCUT2D eigenvalue weighted by Crippen LogP contribution is -2.10. The molecule has 1 aliphatic heterocycles. The van der Waals surface area contributed by atoms with Gasteiger partial charge >= 0.3 is 5.97 Å². The van der Waals surface area contributed by atoms with Gasteiger partial charge in [0.25, 0.3) is 0 Å². The highest BCUT2D eigenvalue weighted by atomic mass is 16.5. The number of fused-ring (bicyclic) bond motifs is 1. The van der Waals surface area contributed by atoms with Gasteiger partial charge in [0.2, 0.25) is 0 Å². The summed E-state index contributed by atoms with van der Waals surface area (Å²) in [5.41, 5.74) is 4.43. The molecule has 1 unspecified atom stereocenters. The fourth-order valence-electron chi connectivity index (χ4n) is 2.48. The van der Waals surface area contributed by atoms with E-state index >= 15 is 0 Å². The van der Waals surface area contributed by atoms with Gasteiger partial charge in [-0.3, -0.25) is 0 Å². The summed E-state index contributed by atoms with van der Waals surface area (Å²) in [7, 11) is 0. The average Bonchev–Trinajstić information content (AvgIpc) is 2.80. The molecule has 3 rings (SSSR count). The maximum absolute atomic E-state index is 11.0. The molecule has 102 valence electrons. The highest BCUT2D eigenvalue weighted by molar-refractivity contribution is 5.89. The van der Waals surface area contributed by atoms with Gasteiger partial charge in [-0.25, -0.2) is 4.79 Å². The Balaban J connectivity index is 1.91. The number of aromatic carboxylic acids is 1. The highest BCUT2D eigenvalue weighted by Crippen LogP contribution is 2.38. The van der Waals surface area contributed by atoms with Crippen LogP contribution >= 0.6 is 0 Å². The minimum Gasteiger partial charge on any atom is -0.478 e. The molecule has 0 aromatic heterocycles. The standard InChI is InChI=1S/C16H15NO3/c1-9-5-10(2)7-12(6-9)15-17-13-4-3-11(16(18)19)8-14(13)20-15/h3-8,15,17H,1-2H3,(H,18,19). The Kier molecular flexibility index (Phi) is 2.86. The number of benzene rings is 2. The number of carboxylic acid groups (broad SMARTS) is 1. The predicted molar refractivity (Wildman–Crippen MR) is 76.3 cm³/mol. The number of hydrogen-bond donors (Lipinski definition) is 2. The van der Waals surface area contributed by atoms with Gasteiger partial charge in [-0.15, -0.1) is 0 Å². The average molecular weight is 269 g/mol. The molecule has 4 heteroatoms. The molecule has 1 heterocycles. The Hall–Kier alpha value is -2.49. The molecule has 4 nitrogen and oxygen atoms in total. The number of nitrogens with one attached hydrogen (secondary N) is 1. The third-order valence-corrected chi connectivity index (χ3v) is 3.31. The first-order valence-corrected chi connectivity index (χ1v) is 6.41. The summed E-state index contributed by atoms with van der Waals surface area (Å²) in [6, 6.07) is 11.1. The molecular formula is C16H15NO3. The number of anilines is 1. The van der Waals surface area contributed by atoms with E-state index in [-0.39, 0.29) is 11.8 Å². The second kappa shape index (κ2) is 4.56. The lowest BCUT2D eigenvalue weighted by molar-refractivity contribution is 0.0696. The Morgan fingerprint density at radius 1 is 1.15 bits per heavy atom. The van der Waals surface area contributed by atoms with Crippen molar-refractivity contribution in [1.82, 2.24) is 0 Å². The molecule has 1 aliphatic rings. The summed E-state index contributed by atoms with van der Waals surface area (Å²) in [5.74, 6) is -0.375. The number of carboxylic acids is 1. The fourth-order valence-corrected chi connectivity index (χ4v) is 2.48. The van der Waals surface area contributed by atoms with Crippen molar-refractivity contribution in [1.29, 1.82) is 0 Å². The van der Waals surface area contributed by atoms with Gasteiger partial charge in [0.05, 0.1) is 11.3 Å². The lowest BCUT2D eigenvalue weighted by atomic mass is 10.1.